The van der Waals surface area contributed by atoms with Crippen molar-refractivity contribution in [3.8, 4) is 12.1 Å². The van der Waals surface area contributed by atoms with Gasteiger partial charge in [0.05, 0.1) is 0 Å². The molecule has 0 heterocycles. The molecule has 0 atom stereocenters. The summed E-state index contributed by atoms with van der Waals surface area (Å²) in [6.45, 7) is 0. The topological polar surface area (TPSA) is 79.1 Å². The first-order valence-corrected chi connectivity index (χ1v) is 2.54. The molecule has 0 aliphatic heterocycles. The quantitative estimate of drug-likeness (QED) is 0.304. The van der Waals surface area contributed by atoms with Gasteiger partial charge in [0.2, 0.25) is 0 Å². The van der Waals surface area contributed by atoms with Gasteiger partial charge in [0.25, 0.3) is 0 Å². The van der Waals surface area contributed by atoms with Crippen molar-refractivity contribution in [3.63, 3.8) is 0 Å². The van der Waals surface area contributed by atoms with E-state index < -0.39 is 0 Å². The van der Waals surface area contributed by atoms with Crippen LogP contribution in [0, 0.1) is 22.7 Å². The molecule has 0 aliphatic rings. The first-order valence-electron chi connectivity index (χ1n) is 1.64. The Labute approximate surface area is 121 Å². The van der Waals surface area contributed by atoms with Crippen LogP contribution in [0.4, 0.5) is 0 Å². The van der Waals surface area contributed by atoms with E-state index in [2.05, 4.69) is 25.3 Å². The van der Waals surface area contributed by atoms with Gasteiger partial charge in [0, 0.05) is 0 Å². The van der Waals surface area contributed by atoms with Gasteiger partial charge in [-0.25, -0.2) is 0 Å². The maximum absolute atomic E-state index is 8.05. The van der Waals surface area contributed by atoms with E-state index in [-0.39, 0.29) is 74.4 Å². The summed E-state index contributed by atoms with van der Waals surface area (Å²) in [5.41, 5.74) is 0. The van der Waals surface area contributed by atoms with Gasteiger partial charge in [0.15, 0.2) is 0 Å². The summed E-state index contributed by atoms with van der Waals surface area (Å²) in [6, 6.07) is 3.32. The van der Waals surface area contributed by atoms with Gasteiger partial charge < -0.3 is 5.48 Å². The Hall–Kier alpha value is 1.38. The van der Waals surface area contributed by atoms with Crippen molar-refractivity contribution in [2.75, 3.05) is 0 Å². The first kappa shape index (κ1) is 22.8. The van der Waals surface area contributed by atoms with Crippen molar-refractivity contribution < 1.29 is 5.48 Å². The molecule has 52 valence electrons. The van der Waals surface area contributed by atoms with E-state index in [1.54, 1.807) is 12.1 Å². The predicted molar refractivity (Wildman–Crippen MR) is 54.1 cm³/mol. The molecule has 0 rings (SSSR count). The summed E-state index contributed by atoms with van der Waals surface area (Å²) in [5, 5.41) is 16.1. The molecule has 0 saturated heterocycles. The minimum absolute atomic E-state index is 0. The van der Waals surface area contributed by atoms with Crippen LogP contribution in [0.25, 0.3) is 0 Å². The second kappa shape index (κ2) is 13.9. The Kier molecular flexibility index (Phi) is 28.9. The van der Waals surface area contributed by atoms with Crippen LogP contribution in [0.15, 0.2) is 9.81 Å². The van der Waals surface area contributed by atoms with Crippen LogP contribution in [-0.2, 0) is 0 Å². The van der Waals surface area contributed by atoms with Crippen LogP contribution in [-0.4, -0.2) is 64.6 Å². The molecule has 2 N–H and O–H groups in total. The zero-order valence-electron chi connectivity index (χ0n) is 4.29. The van der Waals surface area contributed by atoms with Crippen LogP contribution in [0.3, 0.4) is 0 Å². The van der Waals surface area contributed by atoms with Crippen LogP contribution in [0.5, 0.6) is 0 Å². The summed E-state index contributed by atoms with van der Waals surface area (Å²) >= 11 is 7.25. The average molecular weight is 208 g/mol. The molecule has 0 aliphatic carbocycles. The molecule has 0 unspecified atom stereocenters. The zero-order chi connectivity index (χ0) is 6.57. The van der Waals surface area contributed by atoms with E-state index in [0.717, 1.165) is 0 Å². The third-order valence-electron chi connectivity index (χ3n) is 0.436. The van der Waals surface area contributed by atoms with Gasteiger partial charge in [0.1, 0.15) is 21.9 Å². The fourth-order valence-electron chi connectivity index (χ4n) is 0.106. The molecule has 0 aromatic rings. The number of rotatable bonds is 0. The summed E-state index contributed by atoms with van der Waals surface area (Å²) in [4.78, 5) is 0.103. The van der Waals surface area contributed by atoms with Crippen molar-refractivity contribution in [1.29, 1.82) is 10.5 Å². The first-order chi connectivity index (χ1) is 3.72. The second-order valence-corrected chi connectivity index (χ2v) is 1.82. The molecule has 11 heavy (non-hydrogen) atoms. The molecule has 0 saturated carbocycles. The van der Waals surface area contributed by atoms with Crippen LogP contribution in [0.2, 0.25) is 0 Å². The summed E-state index contributed by atoms with van der Waals surface area (Å²) in [5.74, 6) is 0. The minimum atomic E-state index is 0. The SMILES string of the molecule is N#CC(S)=C(S)C#N.O.[NaH].[NaH]. The molecule has 0 aromatic heterocycles. The molecule has 0 fully saturated rings. The summed E-state index contributed by atoms with van der Waals surface area (Å²) in [6.07, 6.45) is 0. The number of thiol groups is 2. The van der Waals surface area contributed by atoms with Crippen LogP contribution in [0.1, 0.15) is 0 Å². The van der Waals surface area contributed by atoms with Crippen molar-refractivity contribution in [2.45, 2.75) is 0 Å². The summed E-state index contributed by atoms with van der Waals surface area (Å²) < 4.78 is 0. The van der Waals surface area contributed by atoms with E-state index in [1.165, 1.54) is 0 Å². The van der Waals surface area contributed by atoms with Crippen molar-refractivity contribution in [2.24, 2.45) is 0 Å². The average Bonchev–Trinajstić information content (AvgIpc) is 1.84. The van der Waals surface area contributed by atoms with Gasteiger partial charge in [-0.3, -0.25) is 0 Å². The van der Waals surface area contributed by atoms with Gasteiger partial charge >= 0.3 is 59.1 Å². The normalized spacial score (nSPS) is 8.00. The van der Waals surface area contributed by atoms with Crippen LogP contribution < -0.4 is 0 Å². The van der Waals surface area contributed by atoms with E-state index >= 15 is 0 Å². The third-order valence-corrected chi connectivity index (χ3v) is 1.26. The fourth-order valence-corrected chi connectivity index (χ4v) is 0.206. The van der Waals surface area contributed by atoms with Crippen molar-refractivity contribution in [3.05, 3.63) is 9.81 Å². The molecule has 0 bridgehead atoms. The number of allylic oxidation sites excluding steroid dienone is 2. The van der Waals surface area contributed by atoms with Gasteiger partial charge in [-0.1, -0.05) is 0 Å². The summed E-state index contributed by atoms with van der Waals surface area (Å²) in [7, 11) is 0. The van der Waals surface area contributed by atoms with E-state index in [4.69, 9.17) is 10.5 Å². The third kappa shape index (κ3) is 11.4. The molecule has 0 amide bonds. The molecule has 3 nitrogen and oxygen atoms in total. The Balaban J connectivity index is -0.0000000817. The molecule has 7 heteroatoms. The van der Waals surface area contributed by atoms with Gasteiger partial charge in [-0.05, 0) is 0 Å². The van der Waals surface area contributed by atoms with Gasteiger partial charge in [-0.2, -0.15) is 10.5 Å². The van der Waals surface area contributed by atoms with Crippen LogP contribution >= 0.6 is 25.3 Å². The Morgan fingerprint density at radius 2 is 1.09 bits per heavy atom. The van der Waals surface area contributed by atoms with E-state index in [1.807, 2.05) is 0 Å². The monoisotopic (exact) mass is 208 g/mol. The molecule has 0 spiro atoms. The standard InChI is InChI=1S/C4H2N2S2.2Na.H2O.2H/c5-1-3(7)4(8)2-6;;;;;/h7-8H;;;1H2;;. The van der Waals surface area contributed by atoms with Gasteiger partial charge in [-0.15, -0.1) is 25.3 Å². The number of nitrogens with zero attached hydrogens (tertiary/aromatic N) is 2. The zero-order valence-corrected chi connectivity index (χ0v) is 6.08. The predicted octanol–water partition coefficient (Wildman–Crippen LogP) is -1.02. The number of nitriles is 2. The fraction of sp³-hybridized carbons (Fsp3) is 0. The molecule has 0 radical (unpaired) electrons. The van der Waals surface area contributed by atoms with E-state index in [0.29, 0.717) is 0 Å². The Morgan fingerprint density at radius 3 is 1.18 bits per heavy atom. The van der Waals surface area contributed by atoms with Crippen molar-refractivity contribution >= 4 is 84.4 Å². The molecular weight excluding hydrogens is 202 g/mol. The Morgan fingerprint density at radius 1 is 0.909 bits per heavy atom. The maximum atomic E-state index is 8.05. The molecule has 0 aromatic carbocycles. The van der Waals surface area contributed by atoms with E-state index in [9.17, 15) is 0 Å². The molecular formula is C4H6N2Na2OS2. The number of hydrogen-bond donors (Lipinski definition) is 2. The Bertz CT molecular complexity index is 183. The second-order valence-electron chi connectivity index (χ2n) is 0.921. The number of hydrogen-bond acceptors (Lipinski definition) is 4. The van der Waals surface area contributed by atoms with Crippen molar-refractivity contribution in [1.82, 2.24) is 0 Å².